The molecule has 0 aliphatic heterocycles. The van der Waals surface area contributed by atoms with Crippen molar-refractivity contribution in [1.82, 2.24) is 0 Å². The van der Waals surface area contributed by atoms with Gasteiger partial charge in [-0.15, -0.1) is 0 Å². The van der Waals surface area contributed by atoms with Crippen LogP contribution in [0.15, 0.2) is 388 Å². The zero-order valence-corrected chi connectivity index (χ0v) is 66.6. The maximum Gasteiger partial charge on any atom is 0.0284 e. The van der Waals surface area contributed by atoms with E-state index in [1.165, 1.54) is 89.0 Å². The van der Waals surface area contributed by atoms with Crippen molar-refractivity contribution in [2.24, 2.45) is 0 Å². The Labute approximate surface area is 707 Å². The second-order valence-electron chi connectivity index (χ2n) is 29.9. The highest BCUT2D eigenvalue weighted by atomic mass is 14.2. The van der Waals surface area contributed by atoms with Gasteiger partial charge in [0.05, 0.1) is 0 Å². The second-order valence-corrected chi connectivity index (χ2v) is 29.9. The zero-order chi connectivity index (χ0) is 80.7. The fraction of sp³-hybridized carbons (Fsp3) is 0.0667. The molecule has 0 radical (unpaired) electrons. The number of rotatable bonds is 4. The quantitative estimate of drug-likeness (QED) is 0.154. The molecule has 0 heterocycles. The van der Waals surface area contributed by atoms with Crippen LogP contribution in [0.5, 0.6) is 0 Å². The molecule has 0 heteroatoms. The lowest BCUT2D eigenvalue weighted by atomic mass is 9.86. The van der Waals surface area contributed by atoms with Crippen LogP contribution in [0.3, 0.4) is 0 Å². The van der Waals surface area contributed by atoms with E-state index in [9.17, 15) is 0 Å². The van der Waals surface area contributed by atoms with E-state index in [1.54, 1.807) is 0 Å². The molecule has 16 aromatic carbocycles. The van der Waals surface area contributed by atoms with Crippen molar-refractivity contribution < 1.29 is 0 Å². The van der Waals surface area contributed by atoms with Gasteiger partial charge in [0.25, 0.3) is 0 Å². The summed E-state index contributed by atoms with van der Waals surface area (Å²) in [6, 6.07) is 135. The molecule has 0 unspecified atom stereocenters. The Hall–Kier alpha value is -16.0. The molecule has 24 rings (SSSR count). The third-order valence-corrected chi connectivity index (χ3v) is 21.8. The fourth-order valence-corrected chi connectivity index (χ4v) is 15.1. The summed E-state index contributed by atoms with van der Waals surface area (Å²) in [6.45, 7) is 0. The zero-order valence-electron chi connectivity index (χ0n) is 66.6. The van der Waals surface area contributed by atoms with Crippen LogP contribution in [0.25, 0.3) is 44.5 Å². The molecule has 120 heavy (non-hydrogen) atoms. The highest BCUT2D eigenvalue weighted by Gasteiger charge is 2.19. The fourth-order valence-electron chi connectivity index (χ4n) is 15.1. The number of benzene rings is 16. The standard InChI is InChI=1S/C72H48.C48H32/c1-5-13-57(14-6-1)61-33-21-53(22-34-61)29-41-65-49-70-47-48-72-52-67(43-31-55-25-37-63(38-26-55)59-17-9-3-10-18-59)71(51-68(72)44-32-56-27-39-64(40-28-56)60-19-11-4-12-20-60)46-45-69(65)50-66(70)42-30-54-23-35-62(36-24-54)58-15-7-2-8-16-58;1-5-13-37(14-6-1)21-25-41-33-46-31-32-48-36-43(27-23-39-17-9-3-10-18-39)47(35-44(48)28-24-40-19-11-4-12-20-40)30-29-45(41)34-42(46)26-22-38-15-7-2-8-16-38/h1-28,33-40,49-52H,45-48H2;1-20,33-36H,29-32H2. The van der Waals surface area contributed by atoms with E-state index in [0.717, 1.165) is 140 Å². The molecule has 0 N–H and O–H groups in total. The van der Waals surface area contributed by atoms with Crippen molar-refractivity contribution in [2.45, 2.75) is 51.4 Å². The molecular weight excluding hydrogens is 1440 g/mol. The van der Waals surface area contributed by atoms with Crippen molar-refractivity contribution in [3.05, 3.63) is 522 Å². The lowest BCUT2D eigenvalue weighted by Crippen LogP contribution is -2.07. The highest BCUT2D eigenvalue weighted by Crippen LogP contribution is 2.31. The van der Waals surface area contributed by atoms with Crippen molar-refractivity contribution in [3.63, 3.8) is 0 Å². The Morgan fingerprint density at radius 1 is 0.108 bits per heavy atom. The molecule has 0 atom stereocenters. The minimum absolute atomic E-state index is 0.755. The first-order chi connectivity index (χ1) is 59.4. The minimum Gasteiger partial charge on any atom is -0.0622 e. The van der Waals surface area contributed by atoms with Gasteiger partial charge in [-0.25, -0.2) is 0 Å². The molecule has 0 aromatic heterocycles. The van der Waals surface area contributed by atoms with Gasteiger partial charge < -0.3 is 0 Å². The topological polar surface area (TPSA) is 0 Å². The summed E-state index contributed by atoms with van der Waals surface area (Å²) >= 11 is 0. The molecule has 0 amide bonds. The van der Waals surface area contributed by atoms with E-state index in [0.29, 0.717) is 0 Å². The van der Waals surface area contributed by atoms with Crippen LogP contribution in [-0.2, 0) is 51.4 Å². The van der Waals surface area contributed by atoms with Crippen molar-refractivity contribution in [3.8, 4) is 139 Å². The lowest BCUT2D eigenvalue weighted by Gasteiger charge is -2.17. The lowest BCUT2D eigenvalue weighted by molar-refractivity contribution is 0.910. The van der Waals surface area contributed by atoms with Crippen LogP contribution in [0, 0.1) is 94.7 Å². The Bertz CT molecular complexity index is 6070. The molecule has 8 aliphatic carbocycles. The number of aryl methyl sites for hydroxylation is 8. The van der Waals surface area contributed by atoms with E-state index < -0.39 is 0 Å². The number of hydrogen-bond donors (Lipinski definition) is 0. The second kappa shape index (κ2) is 38.0. The molecule has 0 fully saturated rings. The van der Waals surface area contributed by atoms with Gasteiger partial charge in [-0.05, 0) is 286 Å². The summed E-state index contributed by atoms with van der Waals surface area (Å²) in [5.41, 5.74) is 35.3. The van der Waals surface area contributed by atoms with Gasteiger partial charge in [0.1, 0.15) is 0 Å². The smallest absolute Gasteiger partial charge is 0.0284 e. The molecule has 560 valence electrons. The van der Waals surface area contributed by atoms with Crippen LogP contribution in [0.1, 0.15) is 134 Å². The average molecular weight is 1520 g/mol. The third kappa shape index (κ3) is 20.0. The predicted octanol–water partition coefficient (Wildman–Crippen LogP) is 25.0. The average Bonchev–Trinajstić information content (AvgIpc) is 0.798. The monoisotopic (exact) mass is 1520 g/mol. The van der Waals surface area contributed by atoms with Gasteiger partial charge in [0.15, 0.2) is 0 Å². The molecule has 0 nitrogen and oxygen atoms in total. The predicted molar refractivity (Wildman–Crippen MR) is 497 cm³/mol. The Morgan fingerprint density at radius 3 is 0.367 bits per heavy atom. The maximum absolute atomic E-state index is 3.64. The van der Waals surface area contributed by atoms with Crippen LogP contribution >= 0.6 is 0 Å². The van der Waals surface area contributed by atoms with E-state index in [1.807, 2.05) is 97.1 Å². The number of hydrogen-bond acceptors (Lipinski definition) is 0. The third-order valence-electron chi connectivity index (χ3n) is 21.8. The van der Waals surface area contributed by atoms with Gasteiger partial charge in [0, 0.05) is 89.0 Å². The van der Waals surface area contributed by atoms with E-state index >= 15 is 0 Å². The van der Waals surface area contributed by atoms with Gasteiger partial charge in [0.2, 0.25) is 0 Å². The minimum atomic E-state index is 0.755. The van der Waals surface area contributed by atoms with Crippen molar-refractivity contribution in [2.75, 3.05) is 0 Å². The molecule has 0 saturated carbocycles. The normalized spacial score (nSPS) is 11.2. The summed E-state index contributed by atoms with van der Waals surface area (Å²) in [5.74, 6) is 56.5. The summed E-state index contributed by atoms with van der Waals surface area (Å²) in [5, 5.41) is 0. The molecule has 0 spiro atoms. The summed E-state index contributed by atoms with van der Waals surface area (Å²) < 4.78 is 0. The Balaban J connectivity index is 0.000000186. The summed E-state index contributed by atoms with van der Waals surface area (Å²) in [6.07, 6.45) is 6.26. The molecule has 0 saturated heterocycles. The van der Waals surface area contributed by atoms with Gasteiger partial charge in [-0.1, -0.05) is 337 Å². The van der Waals surface area contributed by atoms with Gasteiger partial charge >= 0.3 is 0 Å². The SMILES string of the molecule is C(#Cc1cc2c(C#Cc3ccc(-c4ccccc4)cc3)cc1CCc1cc(C#Cc3ccc(-c4ccccc4)cc3)c(cc1C#Cc1ccc(-c3ccccc3)cc1)CC2)c1ccc(-c2ccccc2)cc1.C(#Cc1cc2c(C#Cc3ccccc3)cc1CCc1cc(C#Cc3ccccc3)c(cc1C#Cc1ccccc1)CC2)c1ccccc1. The largest absolute Gasteiger partial charge is 0.0622 e. The van der Waals surface area contributed by atoms with E-state index in [2.05, 4.69) is 386 Å². The molecule has 8 bridgehead atoms. The van der Waals surface area contributed by atoms with E-state index in [4.69, 9.17) is 0 Å². The first-order valence-corrected chi connectivity index (χ1v) is 41.0. The Kier molecular flexibility index (Phi) is 24.2. The van der Waals surface area contributed by atoms with Crippen LogP contribution < -0.4 is 0 Å². The van der Waals surface area contributed by atoms with E-state index in [-0.39, 0.29) is 0 Å². The first kappa shape index (κ1) is 76.6. The molecular formula is C120H80. The Morgan fingerprint density at radius 2 is 0.225 bits per heavy atom. The summed E-state index contributed by atoms with van der Waals surface area (Å²) in [4.78, 5) is 0. The van der Waals surface area contributed by atoms with Crippen molar-refractivity contribution in [1.29, 1.82) is 0 Å². The van der Waals surface area contributed by atoms with Gasteiger partial charge in [-0.2, -0.15) is 0 Å². The van der Waals surface area contributed by atoms with Crippen LogP contribution in [0.4, 0.5) is 0 Å². The molecule has 16 aromatic rings. The van der Waals surface area contributed by atoms with Crippen LogP contribution in [-0.4, -0.2) is 0 Å². The first-order valence-electron chi connectivity index (χ1n) is 41.0. The highest BCUT2D eigenvalue weighted by molar-refractivity contribution is 5.70. The maximum atomic E-state index is 3.64. The summed E-state index contributed by atoms with van der Waals surface area (Å²) in [7, 11) is 0. The van der Waals surface area contributed by atoms with Gasteiger partial charge in [-0.3, -0.25) is 0 Å². The molecule has 8 aliphatic rings. The van der Waals surface area contributed by atoms with Crippen LogP contribution in [0.2, 0.25) is 0 Å². The van der Waals surface area contributed by atoms with Crippen molar-refractivity contribution >= 4 is 0 Å².